The van der Waals surface area contributed by atoms with E-state index in [4.69, 9.17) is 4.74 Å². The Labute approximate surface area is 182 Å². The van der Waals surface area contributed by atoms with Gasteiger partial charge >= 0.3 is 6.09 Å². The minimum Gasteiger partial charge on any atom is -0.450 e. The lowest BCUT2D eigenvalue weighted by Gasteiger charge is -2.35. The summed E-state index contributed by atoms with van der Waals surface area (Å²) in [6.07, 6.45) is 1.74. The van der Waals surface area contributed by atoms with E-state index in [1.165, 1.54) is 0 Å². The van der Waals surface area contributed by atoms with E-state index >= 15 is 0 Å². The highest BCUT2D eigenvalue weighted by Crippen LogP contribution is 2.05. The van der Waals surface area contributed by atoms with Gasteiger partial charge in [0.15, 0.2) is 5.96 Å². The van der Waals surface area contributed by atoms with E-state index in [2.05, 4.69) is 25.5 Å². The number of halogens is 1. The van der Waals surface area contributed by atoms with E-state index in [1.807, 2.05) is 13.0 Å². The van der Waals surface area contributed by atoms with Gasteiger partial charge in [0.25, 0.3) is 0 Å². The Kier molecular flexibility index (Phi) is 10.6. The first-order valence-corrected chi connectivity index (χ1v) is 9.13. The van der Waals surface area contributed by atoms with Crippen LogP contribution in [-0.2, 0) is 9.53 Å². The smallest absolute Gasteiger partial charge is 0.409 e. The predicted molar refractivity (Wildman–Crippen MR) is 119 cm³/mol. The number of hydrogen-bond acceptors (Lipinski definition) is 5. The molecule has 1 saturated heterocycles. The van der Waals surface area contributed by atoms with Crippen molar-refractivity contribution in [2.24, 2.45) is 4.99 Å². The van der Waals surface area contributed by atoms with Gasteiger partial charge in [0.05, 0.1) is 6.61 Å². The van der Waals surface area contributed by atoms with Crippen molar-refractivity contribution in [3.05, 3.63) is 23.9 Å². The molecule has 2 N–H and O–H groups in total. The summed E-state index contributed by atoms with van der Waals surface area (Å²) in [6.45, 7) is 7.07. The van der Waals surface area contributed by atoms with Crippen molar-refractivity contribution in [2.45, 2.75) is 20.3 Å². The average molecular weight is 504 g/mol. The maximum absolute atomic E-state index is 12.0. The fraction of sp³-hybridized carbons (Fsp3) is 0.556. The molecule has 0 saturated carbocycles. The van der Waals surface area contributed by atoms with E-state index in [0.717, 1.165) is 11.5 Å². The van der Waals surface area contributed by atoms with Crippen LogP contribution >= 0.6 is 24.0 Å². The van der Waals surface area contributed by atoms with E-state index < -0.39 is 0 Å². The van der Waals surface area contributed by atoms with Gasteiger partial charge in [-0.2, -0.15) is 0 Å². The van der Waals surface area contributed by atoms with Gasteiger partial charge in [-0.3, -0.25) is 9.79 Å². The fourth-order valence-corrected chi connectivity index (χ4v) is 2.68. The molecule has 0 radical (unpaired) electrons. The zero-order valence-corrected chi connectivity index (χ0v) is 18.9. The summed E-state index contributed by atoms with van der Waals surface area (Å²) >= 11 is 0. The standard InChI is InChI=1S/C18H28N6O3.HI/c1-4-27-18(26)24-11-9-23(10-12-24)17(19-3)20-8-7-16(25)22-15-6-5-14(2)13-21-15;/h5-6,13H,4,7-12H2,1-3H3,(H,19,20)(H,21,22,25);1H. The Balaban J connectivity index is 0.00000392. The Hall–Kier alpha value is -2.11. The summed E-state index contributed by atoms with van der Waals surface area (Å²) in [5.41, 5.74) is 1.04. The van der Waals surface area contributed by atoms with Crippen molar-refractivity contribution >= 4 is 47.8 Å². The fourth-order valence-electron chi connectivity index (χ4n) is 2.68. The van der Waals surface area contributed by atoms with Gasteiger partial charge < -0.3 is 25.2 Å². The SMILES string of the molecule is CCOC(=O)N1CCN(C(=NC)NCCC(=O)Nc2ccc(C)cn2)CC1.I. The quantitative estimate of drug-likeness (QED) is 0.360. The second-order valence-electron chi connectivity index (χ2n) is 6.17. The molecule has 0 unspecified atom stereocenters. The van der Waals surface area contributed by atoms with Crippen LogP contribution in [-0.4, -0.2) is 79.1 Å². The third kappa shape index (κ3) is 7.49. The number of pyridine rings is 1. The topological polar surface area (TPSA) is 99.2 Å². The van der Waals surface area contributed by atoms with Crippen molar-refractivity contribution in [3.8, 4) is 0 Å². The Morgan fingerprint density at radius 3 is 2.46 bits per heavy atom. The van der Waals surface area contributed by atoms with Crippen molar-refractivity contribution in [1.29, 1.82) is 0 Å². The summed E-state index contributed by atoms with van der Waals surface area (Å²) in [5.74, 6) is 1.16. The summed E-state index contributed by atoms with van der Waals surface area (Å²) in [6, 6.07) is 3.68. The summed E-state index contributed by atoms with van der Waals surface area (Å²) in [7, 11) is 1.70. The zero-order valence-electron chi connectivity index (χ0n) is 16.6. The molecule has 1 aromatic heterocycles. The van der Waals surface area contributed by atoms with Crippen molar-refractivity contribution in [1.82, 2.24) is 20.1 Å². The molecule has 9 nitrogen and oxygen atoms in total. The number of hydrogen-bond donors (Lipinski definition) is 2. The molecule has 0 spiro atoms. The van der Waals surface area contributed by atoms with Crippen LogP contribution in [0.3, 0.4) is 0 Å². The molecule has 156 valence electrons. The third-order valence-corrected chi connectivity index (χ3v) is 4.13. The lowest BCUT2D eigenvalue weighted by Crippen LogP contribution is -2.54. The van der Waals surface area contributed by atoms with Gasteiger partial charge in [-0.05, 0) is 25.5 Å². The lowest BCUT2D eigenvalue weighted by atomic mass is 10.3. The summed E-state index contributed by atoms with van der Waals surface area (Å²) in [5, 5.41) is 5.96. The molecule has 2 heterocycles. The first-order valence-electron chi connectivity index (χ1n) is 9.13. The van der Waals surface area contributed by atoms with Crippen LogP contribution in [0.1, 0.15) is 18.9 Å². The van der Waals surface area contributed by atoms with Crippen LogP contribution in [0.2, 0.25) is 0 Å². The zero-order chi connectivity index (χ0) is 19.6. The number of amides is 2. The van der Waals surface area contributed by atoms with Gasteiger partial charge in [0.2, 0.25) is 5.91 Å². The van der Waals surface area contributed by atoms with Gasteiger partial charge in [0, 0.05) is 52.4 Å². The van der Waals surface area contributed by atoms with Crippen LogP contribution < -0.4 is 10.6 Å². The van der Waals surface area contributed by atoms with Crippen LogP contribution in [0.25, 0.3) is 0 Å². The van der Waals surface area contributed by atoms with Crippen LogP contribution in [0.4, 0.5) is 10.6 Å². The van der Waals surface area contributed by atoms with E-state index in [9.17, 15) is 9.59 Å². The largest absolute Gasteiger partial charge is 0.450 e. The molecule has 28 heavy (non-hydrogen) atoms. The minimum absolute atomic E-state index is 0. The summed E-state index contributed by atoms with van der Waals surface area (Å²) < 4.78 is 5.02. The van der Waals surface area contributed by atoms with Crippen molar-refractivity contribution in [2.75, 3.05) is 51.7 Å². The number of nitrogens with one attached hydrogen (secondary N) is 2. The highest BCUT2D eigenvalue weighted by Gasteiger charge is 2.23. The average Bonchev–Trinajstić information content (AvgIpc) is 2.67. The monoisotopic (exact) mass is 504 g/mol. The number of rotatable bonds is 5. The van der Waals surface area contributed by atoms with Crippen LogP contribution in [0, 0.1) is 6.92 Å². The van der Waals surface area contributed by atoms with Crippen molar-refractivity contribution in [3.63, 3.8) is 0 Å². The normalized spacial score (nSPS) is 14.2. The molecule has 0 atom stereocenters. The number of aryl methyl sites for hydroxylation is 1. The molecular weight excluding hydrogens is 475 g/mol. The van der Waals surface area contributed by atoms with E-state index in [1.54, 1.807) is 31.1 Å². The molecule has 1 aliphatic rings. The van der Waals surface area contributed by atoms with E-state index in [0.29, 0.717) is 51.6 Å². The molecule has 1 aromatic rings. The van der Waals surface area contributed by atoms with Crippen molar-refractivity contribution < 1.29 is 14.3 Å². The molecule has 0 aliphatic carbocycles. The maximum Gasteiger partial charge on any atom is 0.409 e. The number of nitrogens with zero attached hydrogens (tertiary/aromatic N) is 4. The molecule has 2 rings (SSSR count). The Bertz CT molecular complexity index is 660. The second-order valence-corrected chi connectivity index (χ2v) is 6.17. The molecule has 1 aliphatic heterocycles. The highest BCUT2D eigenvalue weighted by molar-refractivity contribution is 14.0. The van der Waals surface area contributed by atoms with Crippen LogP contribution in [0.5, 0.6) is 0 Å². The minimum atomic E-state index is -0.276. The van der Waals surface area contributed by atoms with Gasteiger partial charge in [-0.15, -0.1) is 24.0 Å². The molecule has 0 aromatic carbocycles. The number of aliphatic imine (C=N–C) groups is 1. The highest BCUT2D eigenvalue weighted by atomic mass is 127. The number of piperazine rings is 1. The molecular formula is C18H29IN6O3. The predicted octanol–water partition coefficient (Wildman–Crippen LogP) is 1.69. The lowest BCUT2D eigenvalue weighted by molar-refractivity contribution is -0.116. The van der Waals surface area contributed by atoms with E-state index in [-0.39, 0.29) is 36.0 Å². The number of anilines is 1. The number of aromatic nitrogens is 1. The number of carbonyl (C=O) groups is 2. The van der Waals surface area contributed by atoms with Gasteiger partial charge in [0.1, 0.15) is 5.82 Å². The molecule has 0 bridgehead atoms. The number of carbonyl (C=O) groups excluding carboxylic acids is 2. The third-order valence-electron chi connectivity index (χ3n) is 4.13. The first-order chi connectivity index (χ1) is 13.0. The molecule has 2 amide bonds. The van der Waals surface area contributed by atoms with Gasteiger partial charge in [-0.25, -0.2) is 9.78 Å². The number of ether oxygens (including phenoxy) is 1. The first kappa shape index (κ1) is 23.9. The molecule has 1 fully saturated rings. The maximum atomic E-state index is 12.0. The summed E-state index contributed by atoms with van der Waals surface area (Å²) in [4.78, 5) is 35.9. The Morgan fingerprint density at radius 2 is 1.89 bits per heavy atom. The van der Waals surface area contributed by atoms with Crippen LogP contribution in [0.15, 0.2) is 23.3 Å². The van der Waals surface area contributed by atoms with Gasteiger partial charge in [-0.1, -0.05) is 6.07 Å². The molecule has 10 heteroatoms. The second kappa shape index (κ2) is 12.4. The number of guanidine groups is 1. The Morgan fingerprint density at radius 1 is 1.21 bits per heavy atom.